The van der Waals surface area contributed by atoms with Gasteiger partial charge in [-0.25, -0.2) is 0 Å². The molecule has 0 spiro atoms. The first-order chi connectivity index (χ1) is 21.3. The first-order valence-electron chi connectivity index (χ1n) is 15.6. The van der Waals surface area contributed by atoms with E-state index in [4.69, 9.17) is 4.74 Å². The summed E-state index contributed by atoms with van der Waals surface area (Å²) in [5.74, 6) is 1.94. The largest absolute Gasteiger partial charge is 0.458 e. The highest BCUT2D eigenvalue weighted by molar-refractivity contribution is 6.99. The van der Waals surface area contributed by atoms with Gasteiger partial charge in [-0.05, 0) is 98.5 Å². The monoisotopic (exact) mass is 565 g/mol. The number of hydrogen-bond donors (Lipinski definition) is 0. The molecule has 9 rings (SSSR count). The lowest BCUT2D eigenvalue weighted by atomic mass is 9.34. The van der Waals surface area contributed by atoms with E-state index < -0.39 is 0 Å². The van der Waals surface area contributed by atoms with Crippen LogP contribution in [0.1, 0.15) is 31.9 Å². The second-order valence-electron chi connectivity index (χ2n) is 13.5. The average molecular weight is 566 g/mol. The van der Waals surface area contributed by atoms with Gasteiger partial charge in [0, 0.05) is 22.0 Å². The van der Waals surface area contributed by atoms with Crippen molar-refractivity contribution in [1.29, 1.82) is 0 Å². The third-order valence-electron chi connectivity index (χ3n) is 9.62. The van der Waals surface area contributed by atoms with E-state index in [9.17, 15) is 0 Å². The third kappa shape index (κ3) is 3.62. The molecule has 2 aliphatic heterocycles. The quantitative estimate of drug-likeness (QED) is 0.191. The maximum Gasteiger partial charge on any atom is 0.256 e. The standard InChI is InChI=1S/C41H32BNO/c1-25-19-36-39-38(20-25)44-37-24-30(41(2,3)4)16-17-33(37)42(39)34-23-29(27-13-9-6-10-14-27)22-32-31-21-28(26-11-7-5-8-12-26)15-18-35(31)43(36)40(32)34/h5-24H,1-4H3. The van der Waals surface area contributed by atoms with Gasteiger partial charge in [0.1, 0.15) is 11.5 Å². The van der Waals surface area contributed by atoms with Crippen molar-refractivity contribution in [2.75, 3.05) is 0 Å². The summed E-state index contributed by atoms with van der Waals surface area (Å²) >= 11 is 0. The van der Waals surface area contributed by atoms with E-state index in [0.717, 1.165) is 11.5 Å². The SMILES string of the molecule is Cc1cc2c3c(c1)-n1c4ccc(-c5ccccc5)cc4c4cc(-c5ccccc5)cc(c41)B3c1ccc(C(C)(C)C)cc1O2. The van der Waals surface area contributed by atoms with E-state index in [1.54, 1.807) is 0 Å². The number of aryl methyl sites for hydroxylation is 1. The van der Waals surface area contributed by atoms with Crippen LogP contribution in [0, 0.1) is 6.92 Å². The van der Waals surface area contributed by atoms with Crippen LogP contribution in [0.3, 0.4) is 0 Å². The number of ether oxygens (including phenoxy) is 1. The van der Waals surface area contributed by atoms with Crippen LogP contribution in [-0.2, 0) is 5.41 Å². The summed E-state index contributed by atoms with van der Waals surface area (Å²) in [6.45, 7) is 9.06. The van der Waals surface area contributed by atoms with Crippen molar-refractivity contribution in [2.45, 2.75) is 33.1 Å². The van der Waals surface area contributed by atoms with Crippen LogP contribution in [0.4, 0.5) is 0 Å². The summed E-state index contributed by atoms with van der Waals surface area (Å²) in [7, 11) is 0. The van der Waals surface area contributed by atoms with Gasteiger partial charge in [-0.1, -0.05) is 106 Å². The van der Waals surface area contributed by atoms with Crippen LogP contribution in [-0.4, -0.2) is 11.3 Å². The lowest BCUT2D eigenvalue weighted by molar-refractivity contribution is 0.482. The number of aromatic nitrogens is 1. The van der Waals surface area contributed by atoms with Gasteiger partial charge in [-0.15, -0.1) is 0 Å². The predicted molar refractivity (Wildman–Crippen MR) is 186 cm³/mol. The van der Waals surface area contributed by atoms with Crippen LogP contribution in [0.15, 0.2) is 121 Å². The van der Waals surface area contributed by atoms with Crippen LogP contribution < -0.4 is 21.1 Å². The zero-order chi connectivity index (χ0) is 29.7. The van der Waals surface area contributed by atoms with Crippen molar-refractivity contribution >= 4 is 44.9 Å². The first kappa shape index (κ1) is 25.5. The Bertz CT molecular complexity index is 2290. The van der Waals surface area contributed by atoms with Crippen LogP contribution in [0.2, 0.25) is 0 Å². The molecule has 3 heteroatoms. The van der Waals surface area contributed by atoms with Crippen molar-refractivity contribution in [3.8, 4) is 39.4 Å². The Labute approximate surface area is 258 Å². The minimum Gasteiger partial charge on any atom is -0.458 e. The fourth-order valence-electron chi connectivity index (χ4n) is 7.49. The molecular formula is C41H32BNO. The molecule has 7 aromatic rings. The van der Waals surface area contributed by atoms with Gasteiger partial charge in [0.2, 0.25) is 0 Å². The lowest BCUT2D eigenvalue weighted by Gasteiger charge is -2.34. The van der Waals surface area contributed by atoms with E-state index in [2.05, 4.69) is 154 Å². The fourth-order valence-corrected chi connectivity index (χ4v) is 7.49. The number of hydrogen-bond acceptors (Lipinski definition) is 1. The highest BCUT2D eigenvalue weighted by Crippen LogP contribution is 2.41. The molecular weight excluding hydrogens is 533 g/mol. The molecule has 1 aromatic heterocycles. The second-order valence-corrected chi connectivity index (χ2v) is 13.5. The molecule has 0 aliphatic carbocycles. The Morgan fingerprint density at radius 2 is 1.30 bits per heavy atom. The number of fused-ring (bicyclic) bond motifs is 7. The van der Waals surface area contributed by atoms with Gasteiger partial charge >= 0.3 is 0 Å². The van der Waals surface area contributed by atoms with Gasteiger partial charge in [0.15, 0.2) is 0 Å². The van der Waals surface area contributed by atoms with Crippen LogP contribution in [0.25, 0.3) is 49.7 Å². The summed E-state index contributed by atoms with van der Waals surface area (Å²) in [4.78, 5) is 0. The normalized spacial score (nSPS) is 13.1. The Kier molecular flexibility index (Phi) is 5.21. The Hall–Kier alpha value is -5.02. The Balaban J connectivity index is 1.42. The molecule has 0 bridgehead atoms. The molecule has 3 heterocycles. The number of rotatable bonds is 2. The average Bonchev–Trinajstić information content (AvgIpc) is 3.37. The van der Waals surface area contributed by atoms with Crippen molar-refractivity contribution in [1.82, 2.24) is 4.57 Å². The molecule has 2 aliphatic rings. The Morgan fingerprint density at radius 1 is 0.591 bits per heavy atom. The lowest BCUT2D eigenvalue weighted by Crippen LogP contribution is -2.58. The van der Waals surface area contributed by atoms with Gasteiger partial charge in [-0.2, -0.15) is 0 Å². The van der Waals surface area contributed by atoms with E-state index in [-0.39, 0.29) is 12.1 Å². The van der Waals surface area contributed by atoms with Crippen LogP contribution in [0.5, 0.6) is 11.5 Å². The van der Waals surface area contributed by atoms with Gasteiger partial charge < -0.3 is 9.30 Å². The molecule has 44 heavy (non-hydrogen) atoms. The number of nitrogens with zero attached hydrogens (tertiary/aromatic N) is 1. The zero-order valence-corrected chi connectivity index (χ0v) is 25.5. The first-order valence-corrected chi connectivity index (χ1v) is 15.6. The second kappa shape index (κ2) is 9.00. The van der Waals surface area contributed by atoms with E-state index >= 15 is 0 Å². The molecule has 0 N–H and O–H groups in total. The Morgan fingerprint density at radius 3 is 2.02 bits per heavy atom. The predicted octanol–water partition coefficient (Wildman–Crippen LogP) is 8.66. The van der Waals surface area contributed by atoms with E-state index in [1.807, 2.05) is 0 Å². The van der Waals surface area contributed by atoms with E-state index in [0.29, 0.717) is 0 Å². The molecule has 2 nitrogen and oxygen atoms in total. The molecule has 0 saturated carbocycles. The molecule has 0 unspecified atom stereocenters. The van der Waals surface area contributed by atoms with Gasteiger partial charge in [0.25, 0.3) is 6.71 Å². The summed E-state index contributed by atoms with van der Waals surface area (Å²) in [6, 6.07) is 44.8. The molecule has 0 radical (unpaired) electrons. The number of benzene rings is 6. The molecule has 6 aromatic carbocycles. The third-order valence-corrected chi connectivity index (χ3v) is 9.62. The van der Waals surface area contributed by atoms with Crippen molar-refractivity contribution in [2.24, 2.45) is 0 Å². The zero-order valence-electron chi connectivity index (χ0n) is 25.5. The van der Waals surface area contributed by atoms with Crippen molar-refractivity contribution < 1.29 is 4.74 Å². The molecule has 0 atom stereocenters. The van der Waals surface area contributed by atoms with Gasteiger partial charge in [-0.3, -0.25) is 0 Å². The van der Waals surface area contributed by atoms with Crippen molar-refractivity contribution in [3.63, 3.8) is 0 Å². The minimum absolute atomic E-state index is 0.0341. The smallest absolute Gasteiger partial charge is 0.256 e. The van der Waals surface area contributed by atoms with Crippen LogP contribution >= 0.6 is 0 Å². The highest BCUT2D eigenvalue weighted by Gasteiger charge is 2.41. The minimum atomic E-state index is 0.0341. The molecule has 0 amide bonds. The summed E-state index contributed by atoms with van der Waals surface area (Å²) in [5.41, 5.74) is 15.1. The van der Waals surface area contributed by atoms with E-state index in [1.165, 1.54) is 77.3 Å². The molecule has 210 valence electrons. The maximum absolute atomic E-state index is 6.82. The highest BCUT2D eigenvalue weighted by atomic mass is 16.5. The fraction of sp³-hybridized carbons (Fsp3) is 0.122. The van der Waals surface area contributed by atoms with Crippen molar-refractivity contribution in [3.05, 3.63) is 132 Å². The topological polar surface area (TPSA) is 14.2 Å². The molecule has 0 saturated heterocycles. The molecule has 0 fully saturated rings. The summed E-state index contributed by atoms with van der Waals surface area (Å²) in [6.07, 6.45) is 0. The summed E-state index contributed by atoms with van der Waals surface area (Å²) in [5, 5.41) is 2.57. The summed E-state index contributed by atoms with van der Waals surface area (Å²) < 4.78 is 9.32. The maximum atomic E-state index is 6.82. The van der Waals surface area contributed by atoms with Gasteiger partial charge in [0.05, 0.1) is 5.52 Å².